The molecule has 4 heteroatoms. The van der Waals surface area contributed by atoms with Crippen molar-refractivity contribution in [3.8, 4) is 6.07 Å². The molecular formula is C13H18N4. The van der Waals surface area contributed by atoms with E-state index in [4.69, 9.17) is 11.0 Å². The Labute approximate surface area is 102 Å². The van der Waals surface area contributed by atoms with Gasteiger partial charge in [-0.25, -0.2) is 0 Å². The van der Waals surface area contributed by atoms with Crippen molar-refractivity contribution in [3.63, 3.8) is 0 Å². The molecule has 0 bridgehead atoms. The molecule has 0 spiro atoms. The van der Waals surface area contributed by atoms with E-state index in [1.54, 1.807) is 6.07 Å². The zero-order valence-corrected chi connectivity index (χ0v) is 10.1. The number of nitrogens with two attached hydrogens (primary N) is 1. The molecule has 1 aromatic rings. The molecule has 2 rings (SSSR count). The molecule has 3 N–H and O–H groups in total. The van der Waals surface area contributed by atoms with E-state index in [-0.39, 0.29) is 0 Å². The molecule has 0 aromatic heterocycles. The van der Waals surface area contributed by atoms with E-state index in [1.165, 1.54) is 19.4 Å². The zero-order valence-electron chi connectivity index (χ0n) is 10.1. The number of benzene rings is 1. The van der Waals surface area contributed by atoms with E-state index in [0.717, 1.165) is 12.2 Å². The van der Waals surface area contributed by atoms with E-state index < -0.39 is 0 Å². The largest absolute Gasteiger partial charge is 0.398 e. The summed E-state index contributed by atoms with van der Waals surface area (Å²) in [5.41, 5.74) is 7.83. The number of likely N-dealkylation sites (N-methyl/N-ethyl adjacent to an activating group) is 1. The van der Waals surface area contributed by atoms with E-state index in [0.29, 0.717) is 17.3 Å². The first-order valence-electron chi connectivity index (χ1n) is 5.94. The average molecular weight is 230 g/mol. The van der Waals surface area contributed by atoms with Crippen molar-refractivity contribution in [2.75, 3.05) is 31.2 Å². The highest BCUT2D eigenvalue weighted by atomic mass is 15.2. The lowest BCUT2D eigenvalue weighted by atomic mass is 10.1. The molecule has 1 aliphatic heterocycles. The van der Waals surface area contributed by atoms with Crippen LogP contribution >= 0.6 is 0 Å². The minimum absolute atomic E-state index is 0.536. The molecule has 0 radical (unpaired) electrons. The second kappa shape index (κ2) is 5.07. The van der Waals surface area contributed by atoms with Crippen LogP contribution in [0, 0.1) is 11.3 Å². The molecule has 1 saturated heterocycles. The monoisotopic (exact) mass is 230 g/mol. The summed E-state index contributed by atoms with van der Waals surface area (Å²) in [5.74, 6) is 0. The normalized spacial score (nSPS) is 20.1. The van der Waals surface area contributed by atoms with Gasteiger partial charge in [-0.2, -0.15) is 5.26 Å². The fraction of sp³-hybridized carbons (Fsp3) is 0.462. The number of hydrogen-bond donors (Lipinski definition) is 2. The molecule has 90 valence electrons. The average Bonchev–Trinajstić information content (AvgIpc) is 2.72. The Morgan fingerprint density at radius 3 is 3.00 bits per heavy atom. The molecule has 1 unspecified atom stereocenters. The van der Waals surface area contributed by atoms with E-state index in [2.05, 4.69) is 23.3 Å². The van der Waals surface area contributed by atoms with Gasteiger partial charge in [0.1, 0.15) is 6.07 Å². The molecule has 1 aliphatic rings. The first kappa shape index (κ1) is 11.7. The van der Waals surface area contributed by atoms with Crippen molar-refractivity contribution < 1.29 is 0 Å². The number of nitrogen functional groups attached to an aromatic ring is 1. The molecule has 17 heavy (non-hydrogen) atoms. The number of rotatable bonds is 3. The van der Waals surface area contributed by atoms with Crippen LogP contribution in [0.15, 0.2) is 18.2 Å². The third kappa shape index (κ3) is 2.69. The van der Waals surface area contributed by atoms with Crippen molar-refractivity contribution in [1.82, 2.24) is 4.90 Å². The molecule has 1 fully saturated rings. The lowest BCUT2D eigenvalue weighted by Crippen LogP contribution is -2.31. The summed E-state index contributed by atoms with van der Waals surface area (Å²) >= 11 is 0. The van der Waals surface area contributed by atoms with E-state index in [9.17, 15) is 0 Å². The highest BCUT2D eigenvalue weighted by molar-refractivity contribution is 5.62. The fourth-order valence-corrected chi connectivity index (χ4v) is 2.25. The first-order chi connectivity index (χ1) is 8.20. The van der Waals surface area contributed by atoms with Gasteiger partial charge in [0, 0.05) is 18.3 Å². The number of nitrogens with zero attached hydrogens (tertiary/aromatic N) is 2. The summed E-state index contributed by atoms with van der Waals surface area (Å²) in [6, 6.07) is 8.16. The number of anilines is 2. The van der Waals surface area contributed by atoms with Crippen LogP contribution in [0.5, 0.6) is 0 Å². The van der Waals surface area contributed by atoms with Gasteiger partial charge >= 0.3 is 0 Å². The van der Waals surface area contributed by atoms with Crippen LogP contribution in [0.1, 0.15) is 18.4 Å². The predicted molar refractivity (Wildman–Crippen MR) is 69.7 cm³/mol. The van der Waals surface area contributed by atoms with Gasteiger partial charge in [0.15, 0.2) is 0 Å². The van der Waals surface area contributed by atoms with E-state index >= 15 is 0 Å². The molecule has 1 atom stereocenters. The van der Waals surface area contributed by atoms with Crippen molar-refractivity contribution in [2.24, 2.45) is 0 Å². The van der Waals surface area contributed by atoms with Gasteiger partial charge in [0.2, 0.25) is 0 Å². The number of nitrogens with one attached hydrogen (secondary N) is 1. The summed E-state index contributed by atoms with van der Waals surface area (Å²) in [5, 5.41) is 12.2. The summed E-state index contributed by atoms with van der Waals surface area (Å²) in [6.07, 6.45) is 2.52. The number of likely N-dealkylation sites (tertiary alicyclic amines) is 1. The smallest absolute Gasteiger partial charge is 0.101 e. The van der Waals surface area contributed by atoms with Gasteiger partial charge in [0.05, 0.1) is 11.3 Å². The van der Waals surface area contributed by atoms with Crippen LogP contribution in [0.2, 0.25) is 0 Å². The molecule has 1 heterocycles. The lowest BCUT2D eigenvalue weighted by molar-refractivity contribution is 0.322. The Morgan fingerprint density at radius 1 is 1.59 bits per heavy atom. The Hall–Kier alpha value is -1.73. The number of hydrogen-bond acceptors (Lipinski definition) is 4. The molecule has 0 saturated carbocycles. The topological polar surface area (TPSA) is 65.1 Å². The van der Waals surface area contributed by atoms with Crippen LogP contribution in [0.25, 0.3) is 0 Å². The Balaban J connectivity index is 1.95. The maximum Gasteiger partial charge on any atom is 0.101 e. The van der Waals surface area contributed by atoms with Gasteiger partial charge in [-0.1, -0.05) is 0 Å². The summed E-state index contributed by atoms with van der Waals surface area (Å²) in [6.45, 7) is 2.11. The summed E-state index contributed by atoms with van der Waals surface area (Å²) in [7, 11) is 2.16. The molecule has 4 nitrogen and oxygen atoms in total. The highest BCUT2D eigenvalue weighted by Crippen LogP contribution is 2.19. The summed E-state index contributed by atoms with van der Waals surface area (Å²) in [4.78, 5) is 2.38. The van der Waals surface area contributed by atoms with Gasteiger partial charge in [-0.3, -0.25) is 0 Å². The Morgan fingerprint density at radius 2 is 2.41 bits per heavy atom. The molecule has 0 amide bonds. The minimum atomic E-state index is 0.536. The minimum Gasteiger partial charge on any atom is -0.398 e. The van der Waals surface area contributed by atoms with Crippen LogP contribution in [0.4, 0.5) is 11.4 Å². The van der Waals surface area contributed by atoms with Crippen molar-refractivity contribution >= 4 is 11.4 Å². The first-order valence-corrected chi connectivity index (χ1v) is 5.94. The highest BCUT2D eigenvalue weighted by Gasteiger charge is 2.20. The van der Waals surface area contributed by atoms with Crippen molar-refractivity contribution in [1.29, 1.82) is 5.26 Å². The van der Waals surface area contributed by atoms with Gasteiger partial charge < -0.3 is 16.0 Å². The second-order valence-corrected chi connectivity index (χ2v) is 4.57. The standard InChI is InChI=1S/C13H18N4/c1-17-6-2-3-12(17)9-16-11-5-4-10(8-14)13(15)7-11/h4-5,7,12,16H,2-3,6,9,15H2,1H3. The van der Waals surface area contributed by atoms with Crippen LogP contribution in [-0.4, -0.2) is 31.1 Å². The number of nitriles is 1. The third-order valence-electron chi connectivity index (χ3n) is 3.39. The molecule has 0 aliphatic carbocycles. The Kier molecular flexibility index (Phi) is 3.50. The molecule has 1 aromatic carbocycles. The van der Waals surface area contributed by atoms with Gasteiger partial charge in [0.25, 0.3) is 0 Å². The Bertz CT molecular complexity index is 436. The van der Waals surface area contributed by atoms with Crippen LogP contribution < -0.4 is 11.1 Å². The second-order valence-electron chi connectivity index (χ2n) is 4.57. The zero-order chi connectivity index (χ0) is 12.3. The van der Waals surface area contributed by atoms with Crippen molar-refractivity contribution in [2.45, 2.75) is 18.9 Å². The SMILES string of the molecule is CN1CCCC1CNc1ccc(C#N)c(N)c1. The van der Waals surface area contributed by atoms with Crippen LogP contribution in [0.3, 0.4) is 0 Å². The van der Waals surface area contributed by atoms with E-state index in [1.807, 2.05) is 12.1 Å². The fourth-order valence-electron chi connectivity index (χ4n) is 2.25. The third-order valence-corrected chi connectivity index (χ3v) is 3.39. The maximum atomic E-state index is 8.79. The van der Waals surface area contributed by atoms with Crippen molar-refractivity contribution in [3.05, 3.63) is 23.8 Å². The lowest BCUT2D eigenvalue weighted by Gasteiger charge is -2.20. The van der Waals surface area contributed by atoms with Crippen LogP contribution in [-0.2, 0) is 0 Å². The predicted octanol–water partition coefficient (Wildman–Crippen LogP) is 1.65. The molecular weight excluding hydrogens is 212 g/mol. The van der Waals surface area contributed by atoms with Gasteiger partial charge in [-0.05, 0) is 44.6 Å². The maximum absolute atomic E-state index is 8.79. The quantitative estimate of drug-likeness (QED) is 0.775. The summed E-state index contributed by atoms with van der Waals surface area (Å²) < 4.78 is 0. The van der Waals surface area contributed by atoms with Gasteiger partial charge in [-0.15, -0.1) is 0 Å².